The van der Waals surface area contributed by atoms with Crippen molar-refractivity contribution >= 4 is 17.5 Å². The highest BCUT2D eigenvalue weighted by Crippen LogP contribution is 2.14. The van der Waals surface area contributed by atoms with Crippen LogP contribution in [0.3, 0.4) is 0 Å². The molecule has 0 radical (unpaired) electrons. The fourth-order valence-corrected chi connectivity index (χ4v) is 1.25. The molecule has 0 saturated heterocycles. The van der Waals surface area contributed by atoms with Crippen molar-refractivity contribution < 1.29 is 4.79 Å². The van der Waals surface area contributed by atoms with E-state index in [1.54, 1.807) is 30.3 Å². The summed E-state index contributed by atoms with van der Waals surface area (Å²) in [5.41, 5.74) is 0.512. The van der Waals surface area contributed by atoms with E-state index in [9.17, 15) is 4.79 Å². The van der Waals surface area contributed by atoms with E-state index in [1.165, 1.54) is 0 Å². The number of hydrogen-bond donors (Lipinski definition) is 1. The maximum absolute atomic E-state index is 11.5. The molecule has 0 aliphatic carbocycles. The largest absolute Gasteiger partial charge is 0.352 e. The third-order valence-corrected chi connectivity index (χ3v) is 2.08. The highest BCUT2D eigenvalue weighted by Gasteiger charge is 2.07. The molecule has 14 heavy (non-hydrogen) atoms. The number of carbonyl (C=O) groups excluding carboxylic acids is 1. The fraction of sp³-hybridized carbons (Fsp3) is 0.182. The van der Waals surface area contributed by atoms with Gasteiger partial charge in [0, 0.05) is 6.54 Å². The second-order valence-electron chi connectivity index (χ2n) is 2.81. The van der Waals surface area contributed by atoms with Crippen LogP contribution in [0.15, 0.2) is 36.9 Å². The summed E-state index contributed by atoms with van der Waals surface area (Å²) in [7, 11) is 0. The van der Waals surface area contributed by atoms with Gasteiger partial charge in [0.25, 0.3) is 5.91 Å². The molecule has 1 rings (SSSR count). The highest BCUT2D eigenvalue weighted by molar-refractivity contribution is 6.33. The van der Waals surface area contributed by atoms with Crippen LogP contribution in [0.1, 0.15) is 16.8 Å². The van der Waals surface area contributed by atoms with E-state index in [-0.39, 0.29) is 5.91 Å². The van der Waals surface area contributed by atoms with Crippen LogP contribution in [0.2, 0.25) is 5.02 Å². The Hall–Kier alpha value is -1.28. The minimum Gasteiger partial charge on any atom is -0.352 e. The SMILES string of the molecule is C=CCCNC(=O)c1ccccc1Cl. The van der Waals surface area contributed by atoms with Crippen LogP contribution in [0.25, 0.3) is 0 Å². The number of hydrogen-bond acceptors (Lipinski definition) is 1. The Balaban J connectivity index is 2.60. The summed E-state index contributed by atoms with van der Waals surface area (Å²) in [6.45, 7) is 4.16. The standard InChI is InChI=1S/C11H12ClNO/c1-2-3-8-13-11(14)9-6-4-5-7-10(9)12/h2,4-7H,1,3,8H2,(H,13,14). The lowest BCUT2D eigenvalue weighted by molar-refractivity contribution is 0.0954. The molecule has 0 aliphatic rings. The molecule has 0 heterocycles. The highest BCUT2D eigenvalue weighted by atomic mass is 35.5. The molecule has 0 fully saturated rings. The van der Waals surface area contributed by atoms with E-state index in [2.05, 4.69) is 11.9 Å². The molecular formula is C11H12ClNO. The molecule has 0 bridgehead atoms. The molecule has 3 heteroatoms. The molecule has 0 spiro atoms. The maximum atomic E-state index is 11.5. The van der Waals surface area contributed by atoms with Crippen molar-refractivity contribution in [2.45, 2.75) is 6.42 Å². The van der Waals surface area contributed by atoms with Crippen molar-refractivity contribution in [3.05, 3.63) is 47.5 Å². The number of nitrogens with one attached hydrogen (secondary N) is 1. The van der Waals surface area contributed by atoms with Crippen molar-refractivity contribution in [3.63, 3.8) is 0 Å². The first-order valence-electron chi connectivity index (χ1n) is 4.39. The van der Waals surface area contributed by atoms with Gasteiger partial charge < -0.3 is 5.32 Å². The van der Waals surface area contributed by atoms with E-state index >= 15 is 0 Å². The zero-order valence-electron chi connectivity index (χ0n) is 7.79. The van der Waals surface area contributed by atoms with Gasteiger partial charge in [-0.2, -0.15) is 0 Å². The summed E-state index contributed by atoms with van der Waals surface area (Å²) in [6, 6.07) is 6.98. The Labute approximate surface area is 88.6 Å². The topological polar surface area (TPSA) is 29.1 Å². The first-order valence-corrected chi connectivity index (χ1v) is 4.77. The number of carbonyl (C=O) groups is 1. The quantitative estimate of drug-likeness (QED) is 0.600. The number of amides is 1. The van der Waals surface area contributed by atoms with Gasteiger partial charge in [0.2, 0.25) is 0 Å². The Morgan fingerprint density at radius 1 is 1.50 bits per heavy atom. The predicted octanol–water partition coefficient (Wildman–Crippen LogP) is 2.65. The molecule has 0 saturated carbocycles. The van der Waals surface area contributed by atoms with Crippen LogP contribution < -0.4 is 5.32 Å². The van der Waals surface area contributed by atoms with Crippen LogP contribution in [0.5, 0.6) is 0 Å². The molecule has 2 nitrogen and oxygen atoms in total. The zero-order valence-corrected chi connectivity index (χ0v) is 8.55. The first-order chi connectivity index (χ1) is 6.75. The van der Waals surface area contributed by atoms with E-state index in [4.69, 9.17) is 11.6 Å². The van der Waals surface area contributed by atoms with E-state index in [0.29, 0.717) is 17.1 Å². The molecule has 1 amide bonds. The normalized spacial score (nSPS) is 9.50. The second kappa shape index (κ2) is 5.45. The molecule has 1 N–H and O–H groups in total. The Morgan fingerprint density at radius 2 is 2.21 bits per heavy atom. The van der Waals surface area contributed by atoms with Crippen LogP contribution in [0.4, 0.5) is 0 Å². The smallest absolute Gasteiger partial charge is 0.252 e. The van der Waals surface area contributed by atoms with Crippen LogP contribution in [0, 0.1) is 0 Å². The van der Waals surface area contributed by atoms with Gasteiger partial charge in [-0.05, 0) is 18.6 Å². The summed E-state index contributed by atoms with van der Waals surface area (Å²) < 4.78 is 0. The number of rotatable bonds is 4. The van der Waals surface area contributed by atoms with Gasteiger partial charge in [-0.1, -0.05) is 29.8 Å². The molecule has 74 valence electrons. The molecule has 1 aromatic carbocycles. The minimum atomic E-state index is -0.141. The van der Waals surface area contributed by atoms with Gasteiger partial charge in [0.1, 0.15) is 0 Å². The van der Waals surface area contributed by atoms with Gasteiger partial charge >= 0.3 is 0 Å². The lowest BCUT2D eigenvalue weighted by Gasteiger charge is -2.04. The number of halogens is 1. The van der Waals surface area contributed by atoms with Crippen LogP contribution in [-0.4, -0.2) is 12.5 Å². The average Bonchev–Trinajstić information content (AvgIpc) is 2.18. The lowest BCUT2D eigenvalue weighted by atomic mass is 10.2. The van der Waals surface area contributed by atoms with Crippen LogP contribution in [-0.2, 0) is 0 Å². The summed E-state index contributed by atoms with van der Waals surface area (Å²) in [5, 5.41) is 3.22. The van der Waals surface area contributed by atoms with Gasteiger partial charge in [-0.3, -0.25) is 4.79 Å². The molecule has 0 aromatic heterocycles. The van der Waals surface area contributed by atoms with Crippen molar-refractivity contribution in [1.29, 1.82) is 0 Å². The minimum absolute atomic E-state index is 0.141. The van der Waals surface area contributed by atoms with Crippen molar-refractivity contribution in [3.8, 4) is 0 Å². The van der Waals surface area contributed by atoms with Crippen molar-refractivity contribution in [2.75, 3.05) is 6.54 Å². The zero-order chi connectivity index (χ0) is 10.4. The molecular weight excluding hydrogens is 198 g/mol. The monoisotopic (exact) mass is 209 g/mol. The molecule has 0 aliphatic heterocycles. The summed E-state index contributed by atoms with van der Waals surface area (Å²) in [4.78, 5) is 11.5. The predicted molar refractivity (Wildman–Crippen MR) is 58.6 cm³/mol. The van der Waals surface area contributed by atoms with Gasteiger partial charge in [-0.15, -0.1) is 6.58 Å². The Bertz CT molecular complexity index is 336. The van der Waals surface area contributed by atoms with Crippen molar-refractivity contribution in [2.24, 2.45) is 0 Å². The molecule has 1 aromatic rings. The van der Waals surface area contributed by atoms with E-state index < -0.39 is 0 Å². The average molecular weight is 210 g/mol. The Morgan fingerprint density at radius 3 is 2.86 bits per heavy atom. The first kappa shape index (κ1) is 10.8. The summed E-state index contributed by atoms with van der Waals surface area (Å²) in [5.74, 6) is -0.141. The number of benzene rings is 1. The van der Waals surface area contributed by atoms with E-state index in [1.807, 2.05) is 0 Å². The van der Waals surface area contributed by atoms with Crippen LogP contribution >= 0.6 is 11.6 Å². The third kappa shape index (κ3) is 2.89. The van der Waals surface area contributed by atoms with Gasteiger partial charge in [0.15, 0.2) is 0 Å². The maximum Gasteiger partial charge on any atom is 0.252 e. The fourth-order valence-electron chi connectivity index (χ4n) is 1.03. The van der Waals surface area contributed by atoms with Gasteiger partial charge in [-0.25, -0.2) is 0 Å². The third-order valence-electron chi connectivity index (χ3n) is 1.75. The summed E-state index contributed by atoms with van der Waals surface area (Å²) in [6.07, 6.45) is 2.52. The molecule has 0 unspecified atom stereocenters. The second-order valence-corrected chi connectivity index (χ2v) is 3.22. The van der Waals surface area contributed by atoms with Crippen molar-refractivity contribution in [1.82, 2.24) is 5.32 Å². The lowest BCUT2D eigenvalue weighted by Crippen LogP contribution is -2.24. The van der Waals surface area contributed by atoms with E-state index in [0.717, 1.165) is 6.42 Å². The summed E-state index contributed by atoms with van der Waals surface area (Å²) >= 11 is 5.85. The van der Waals surface area contributed by atoms with Gasteiger partial charge in [0.05, 0.1) is 10.6 Å². The Kier molecular flexibility index (Phi) is 4.20. The molecule has 0 atom stereocenters.